The largest absolute Gasteiger partial charge is 0.394 e. The lowest BCUT2D eigenvalue weighted by Crippen LogP contribution is -2.27. The number of unbranched alkanes of at least 4 members (excludes halogenated alkanes) is 9. The van der Waals surface area contributed by atoms with Crippen molar-refractivity contribution in [2.75, 3.05) is 0 Å². The molecule has 8 heteroatoms. The summed E-state index contributed by atoms with van der Waals surface area (Å²) in [4.78, 5) is 10.6. The van der Waals surface area contributed by atoms with E-state index in [2.05, 4.69) is 6.92 Å². The van der Waals surface area contributed by atoms with Gasteiger partial charge in [-0.05, 0) is 6.42 Å². The minimum atomic E-state index is -4.67. The molecule has 1 atom stereocenters. The number of amides is 1. The first-order valence-corrected chi connectivity index (χ1v) is 9.25. The SMILES string of the molecule is CCCCCCCCCCCCC(O)C(N)=O.O=S(=O)(O)O. The van der Waals surface area contributed by atoms with Crippen molar-refractivity contribution in [2.45, 2.75) is 83.7 Å². The molecule has 0 aliphatic carbocycles. The zero-order valence-electron chi connectivity index (χ0n) is 13.4. The molecule has 7 nitrogen and oxygen atoms in total. The number of aliphatic hydroxyl groups is 1. The van der Waals surface area contributed by atoms with E-state index in [9.17, 15) is 9.90 Å². The van der Waals surface area contributed by atoms with Crippen molar-refractivity contribution in [2.24, 2.45) is 5.73 Å². The van der Waals surface area contributed by atoms with Gasteiger partial charge in [0.15, 0.2) is 0 Å². The molecule has 0 bridgehead atoms. The van der Waals surface area contributed by atoms with Crippen molar-refractivity contribution in [1.29, 1.82) is 0 Å². The lowest BCUT2D eigenvalue weighted by molar-refractivity contribution is -0.126. The van der Waals surface area contributed by atoms with Crippen LogP contribution < -0.4 is 5.73 Å². The number of hydrogen-bond donors (Lipinski definition) is 4. The predicted octanol–water partition coefficient (Wildman–Crippen LogP) is 2.49. The van der Waals surface area contributed by atoms with Crippen molar-refractivity contribution in [3.8, 4) is 0 Å². The molecule has 0 spiro atoms. The Bertz CT molecular complexity index is 350. The summed E-state index contributed by atoms with van der Waals surface area (Å²) in [6.45, 7) is 2.24. The molecule has 0 heterocycles. The van der Waals surface area contributed by atoms with E-state index in [0.717, 1.165) is 12.8 Å². The van der Waals surface area contributed by atoms with Gasteiger partial charge in [0.1, 0.15) is 6.10 Å². The van der Waals surface area contributed by atoms with Gasteiger partial charge in [-0.1, -0.05) is 71.1 Å². The van der Waals surface area contributed by atoms with Crippen LogP contribution in [0.5, 0.6) is 0 Å². The fourth-order valence-electron chi connectivity index (χ4n) is 1.97. The van der Waals surface area contributed by atoms with Gasteiger partial charge in [-0.15, -0.1) is 0 Å². The molecule has 0 radical (unpaired) electrons. The Morgan fingerprint density at radius 1 is 0.909 bits per heavy atom. The Labute approximate surface area is 133 Å². The highest BCUT2D eigenvalue weighted by Gasteiger charge is 2.08. The van der Waals surface area contributed by atoms with Gasteiger partial charge in [-0.3, -0.25) is 13.9 Å². The maximum Gasteiger partial charge on any atom is 0.394 e. The van der Waals surface area contributed by atoms with Gasteiger partial charge < -0.3 is 10.8 Å². The molecule has 5 N–H and O–H groups in total. The highest BCUT2D eigenvalue weighted by Crippen LogP contribution is 2.11. The Kier molecular flexibility index (Phi) is 16.3. The normalized spacial score (nSPS) is 12.4. The summed E-state index contributed by atoms with van der Waals surface area (Å²) in [6.07, 6.45) is 12.2. The highest BCUT2D eigenvalue weighted by atomic mass is 32.3. The van der Waals surface area contributed by atoms with Crippen LogP contribution in [0.25, 0.3) is 0 Å². The topological polar surface area (TPSA) is 138 Å². The second-order valence-electron chi connectivity index (χ2n) is 5.34. The molecular formula is C14H31NO6S. The van der Waals surface area contributed by atoms with E-state index in [-0.39, 0.29) is 0 Å². The van der Waals surface area contributed by atoms with E-state index in [1.807, 2.05) is 0 Å². The van der Waals surface area contributed by atoms with E-state index in [1.54, 1.807) is 0 Å². The average molecular weight is 341 g/mol. The Morgan fingerprint density at radius 3 is 1.55 bits per heavy atom. The van der Waals surface area contributed by atoms with Gasteiger partial charge in [0, 0.05) is 0 Å². The van der Waals surface area contributed by atoms with Crippen LogP contribution >= 0.6 is 0 Å². The van der Waals surface area contributed by atoms with Crippen LogP contribution in [0, 0.1) is 0 Å². The monoisotopic (exact) mass is 341 g/mol. The Hall–Kier alpha value is -0.700. The molecule has 0 fully saturated rings. The number of aliphatic hydroxyl groups excluding tert-OH is 1. The van der Waals surface area contributed by atoms with Gasteiger partial charge in [-0.2, -0.15) is 8.42 Å². The van der Waals surface area contributed by atoms with E-state index in [0.29, 0.717) is 6.42 Å². The molecule has 0 aliphatic rings. The van der Waals surface area contributed by atoms with Crippen molar-refractivity contribution >= 4 is 16.3 Å². The molecule has 134 valence electrons. The van der Waals surface area contributed by atoms with Crippen LogP contribution in [0.1, 0.15) is 77.6 Å². The molecule has 0 saturated carbocycles. The lowest BCUT2D eigenvalue weighted by atomic mass is 10.0. The Morgan fingerprint density at radius 2 is 1.23 bits per heavy atom. The molecule has 0 saturated heterocycles. The van der Waals surface area contributed by atoms with Crippen molar-refractivity contribution in [1.82, 2.24) is 0 Å². The number of carbonyl (C=O) groups is 1. The van der Waals surface area contributed by atoms with Gasteiger partial charge in [0.2, 0.25) is 5.91 Å². The molecule has 22 heavy (non-hydrogen) atoms. The number of primary amides is 1. The van der Waals surface area contributed by atoms with Crippen molar-refractivity contribution in [3.05, 3.63) is 0 Å². The van der Waals surface area contributed by atoms with Gasteiger partial charge in [-0.25, -0.2) is 0 Å². The third kappa shape index (κ3) is 27.6. The second-order valence-corrected chi connectivity index (χ2v) is 6.23. The van der Waals surface area contributed by atoms with E-state index in [1.165, 1.54) is 51.4 Å². The first-order valence-electron chi connectivity index (χ1n) is 7.85. The second kappa shape index (κ2) is 15.2. The molecule has 0 rings (SSSR count). The summed E-state index contributed by atoms with van der Waals surface area (Å²) in [7, 11) is -4.67. The third-order valence-corrected chi connectivity index (χ3v) is 3.16. The summed E-state index contributed by atoms with van der Waals surface area (Å²) < 4.78 is 31.6. The van der Waals surface area contributed by atoms with Crippen molar-refractivity contribution in [3.63, 3.8) is 0 Å². The summed E-state index contributed by atoms with van der Waals surface area (Å²) in [5.74, 6) is -0.596. The minimum Gasteiger partial charge on any atom is -0.383 e. The van der Waals surface area contributed by atoms with Gasteiger partial charge in [0.25, 0.3) is 0 Å². The number of nitrogens with two attached hydrogens (primary N) is 1. The molecule has 0 aliphatic heterocycles. The zero-order chi connectivity index (χ0) is 17.4. The van der Waals surface area contributed by atoms with E-state index < -0.39 is 22.4 Å². The number of hydrogen-bond acceptors (Lipinski definition) is 4. The minimum absolute atomic E-state index is 0.520. The quantitative estimate of drug-likeness (QED) is 0.318. The Balaban J connectivity index is 0. The zero-order valence-corrected chi connectivity index (χ0v) is 14.2. The van der Waals surface area contributed by atoms with Gasteiger partial charge >= 0.3 is 10.4 Å². The smallest absolute Gasteiger partial charge is 0.383 e. The number of rotatable bonds is 12. The van der Waals surface area contributed by atoms with Crippen LogP contribution in [0.4, 0.5) is 0 Å². The lowest BCUT2D eigenvalue weighted by Gasteiger charge is -2.05. The van der Waals surface area contributed by atoms with E-state index >= 15 is 0 Å². The summed E-state index contributed by atoms with van der Waals surface area (Å²) in [5, 5.41) is 9.18. The standard InChI is InChI=1S/C14H29NO2.H2O4S/c1-2-3-4-5-6-7-8-9-10-11-12-13(16)14(15)17;1-5(2,3)4/h13,16H,2-12H2,1H3,(H2,15,17);(H2,1,2,3,4). The van der Waals surface area contributed by atoms with Crippen molar-refractivity contribution < 1.29 is 27.4 Å². The predicted molar refractivity (Wildman–Crippen MR) is 85.8 cm³/mol. The fraction of sp³-hybridized carbons (Fsp3) is 0.929. The van der Waals surface area contributed by atoms with Crippen LogP contribution in [0.15, 0.2) is 0 Å². The van der Waals surface area contributed by atoms with Crippen LogP contribution in [-0.2, 0) is 15.2 Å². The first kappa shape index (κ1) is 23.6. The fourth-order valence-corrected chi connectivity index (χ4v) is 1.97. The summed E-state index contributed by atoms with van der Waals surface area (Å²) in [6, 6.07) is 0. The van der Waals surface area contributed by atoms with Crippen LogP contribution in [-0.4, -0.2) is 34.6 Å². The summed E-state index contributed by atoms with van der Waals surface area (Å²) >= 11 is 0. The summed E-state index contributed by atoms with van der Waals surface area (Å²) in [5.41, 5.74) is 4.97. The van der Waals surface area contributed by atoms with Gasteiger partial charge in [0.05, 0.1) is 0 Å². The molecule has 1 amide bonds. The number of carbonyl (C=O) groups excluding carboxylic acids is 1. The molecular weight excluding hydrogens is 310 g/mol. The van der Waals surface area contributed by atoms with E-state index in [4.69, 9.17) is 23.3 Å². The molecule has 0 aromatic heterocycles. The van der Waals surface area contributed by atoms with Crippen LogP contribution in [0.2, 0.25) is 0 Å². The molecule has 0 aromatic carbocycles. The average Bonchev–Trinajstić information content (AvgIpc) is 2.38. The third-order valence-electron chi connectivity index (χ3n) is 3.16. The maximum atomic E-state index is 10.6. The maximum absolute atomic E-state index is 10.6. The molecule has 1 unspecified atom stereocenters. The highest BCUT2D eigenvalue weighted by molar-refractivity contribution is 7.79. The first-order chi connectivity index (χ1) is 10.2. The molecule has 0 aromatic rings. The van der Waals surface area contributed by atoms with Crippen LogP contribution in [0.3, 0.4) is 0 Å².